The van der Waals surface area contributed by atoms with E-state index in [0.29, 0.717) is 23.6 Å². The molecule has 2 unspecified atom stereocenters. The Bertz CT molecular complexity index is 1960. The Morgan fingerprint density at radius 2 is 1.61 bits per heavy atom. The Morgan fingerprint density at radius 3 is 2.32 bits per heavy atom. The number of pyridine rings is 1. The zero-order valence-corrected chi connectivity index (χ0v) is 24.1. The van der Waals surface area contributed by atoms with Gasteiger partial charge in [0.1, 0.15) is 22.7 Å². The molecule has 0 aliphatic carbocycles. The molecule has 2 N–H and O–H groups in total. The van der Waals surface area contributed by atoms with Gasteiger partial charge in [-0.15, -0.1) is 13.2 Å². The van der Waals surface area contributed by atoms with Gasteiger partial charge in [-0.1, -0.05) is 13.8 Å². The standard InChI is InChI=1S/C33H28F3N7O/c1-20-37-16-21(17-38-20)31-11-10-25(42-31)13-24-5-4-22(40-24)12-23-6-7-26(41-23)14-32(19-30(2,3)29(15-31)43-32)28-9-8-27(18-39-28)44-33(34,35)36/h4-18,40,43H,19H2,1-3H3. The van der Waals surface area contributed by atoms with Gasteiger partial charge in [-0.3, -0.25) is 9.98 Å². The lowest BCUT2D eigenvalue weighted by atomic mass is 9.78. The normalized spacial score (nSPS) is 24.9. The van der Waals surface area contributed by atoms with Crippen molar-refractivity contribution in [1.82, 2.24) is 25.3 Å². The van der Waals surface area contributed by atoms with Gasteiger partial charge in [0.2, 0.25) is 0 Å². The number of rotatable bonds is 3. The fraction of sp³-hybridized carbons (Fsp3) is 0.242. The zero-order chi connectivity index (χ0) is 30.7. The van der Waals surface area contributed by atoms with E-state index in [0.717, 1.165) is 39.6 Å². The van der Waals surface area contributed by atoms with Crippen LogP contribution in [-0.2, 0) is 11.1 Å². The van der Waals surface area contributed by atoms with Crippen LogP contribution in [0.4, 0.5) is 13.2 Å². The fourth-order valence-electron chi connectivity index (χ4n) is 6.08. The molecule has 8 bridgehead atoms. The molecule has 8 nitrogen and oxygen atoms in total. The van der Waals surface area contributed by atoms with Crippen molar-refractivity contribution in [3.63, 3.8) is 0 Å². The summed E-state index contributed by atoms with van der Waals surface area (Å²) in [4.78, 5) is 26.8. The van der Waals surface area contributed by atoms with Gasteiger partial charge < -0.3 is 15.0 Å². The molecule has 7 heterocycles. The van der Waals surface area contributed by atoms with Gasteiger partial charge in [-0.05, 0) is 86.2 Å². The van der Waals surface area contributed by atoms with Crippen LogP contribution in [-0.4, -0.2) is 37.7 Å². The first-order chi connectivity index (χ1) is 20.9. The van der Waals surface area contributed by atoms with Crippen molar-refractivity contribution < 1.29 is 17.9 Å². The van der Waals surface area contributed by atoms with Gasteiger partial charge in [0.25, 0.3) is 0 Å². The van der Waals surface area contributed by atoms with E-state index in [4.69, 9.17) is 9.98 Å². The van der Waals surface area contributed by atoms with E-state index >= 15 is 0 Å². The molecule has 3 aromatic heterocycles. The zero-order valence-electron chi connectivity index (χ0n) is 24.1. The number of aryl methyl sites for hydroxylation is 1. The Kier molecular flexibility index (Phi) is 6.14. The maximum absolute atomic E-state index is 12.9. The summed E-state index contributed by atoms with van der Waals surface area (Å²) in [7, 11) is 0. The molecule has 4 aliphatic rings. The molecule has 7 rings (SSSR count). The van der Waals surface area contributed by atoms with Crippen LogP contribution in [0, 0.1) is 12.3 Å². The maximum Gasteiger partial charge on any atom is 0.573 e. The third-order valence-corrected chi connectivity index (χ3v) is 8.08. The number of nitrogens with zero attached hydrogens (tertiary/aromatic N) is 5. The minimum Gasteiger partial charge on any atom is -0.404 e. The topological polar surface area (TPSA) is 100 Å². The van der Waals surface area contributed by atoms with E-state index in [9.17, 15) is 13.2 Å². The number of allylic oxidation sites excluding steroid dienone is 4. The third-order valence-electron chi connectivity index (χ3n) is 8.08. The molecule has 0 spiro atoms. The second kappa shape index (κ2) is 9.73. The van der Waals surface area contributed by atoms with Crippen LogP contribution in [0.2, 0.25) is 0 Å². The molecule has 222 valence electrons. The largest absolute Gasteiger partial charge is 0.573 e. The molecular weight excluding hydrogens is 567 g/mol. The van der Waals surface area contributed by atoms with E-state index in [1.54, 1.807) is 18.5 Å². The van der Waals surface area contributed by atoms with E-state index < -0.39 is 22.9 Å². The highest BCUT2D eigenvalue weighted by molar-refractivity contribution is 6.19. The number of fused-ring (bicyclic) bond motifs is 6. The van der Waals surface area contributed by atoms with Gasteiger partial charge >= 0.3 is 6.36 Å². The maximum atomic E-state index is 12.9. The second-order valence-corrected chi connectivity index (χ2v) is 12.0. The van der Waals surface area contributed by atoms with Crippen LogP contribution >= 0.6 is 0 Å². The molecule has 1 saturated heterocycles. The van der Waals surface area contributed by atoms with Crippen LogP contribution < -0.4 is 20.8 Å². The van der Waals surface area contributed by atoms with Gasteiger partial charge in [-0.2, -0.15) is 0 Å². The Balaban J connectivity index is 1.44. The number of H-pyrrole nitrogens is 1. The number of alkyl halides is 3. The van der Waals surface area contributed by atoms with Crippen molar-refractivity contribution in [1.29, 1.82) is 0 Å². The molecule has 2 atom stereocenters. The monoisotopic (exact) mass is 595 g/mol. The first-order valence-corrected chi connectivity index (χ1v) is 14.1. The summed E-state index contributed by atoms with van der Waals surface area (Å²) in [6, 6.07) is 6.81. The van der Waals surface area contributed by atoms with Crippen molar-refractivity contribution in [3.8, 4) is 5.75 Å². The van der Waals surface area contributed by atoms with Crippen LogP contribution in [0.15, 0.2) is 101 Å². The molecule has 11 heteroatoms. The summed E-state index contributed by atoms with van der Waals surface area (Å²) < 4.78 is 42.8. The molecule has 0 amide bonds. The Morgan fingerprint density at radius 1 is 0.864 bits per heavy atom. The number of halogens is 3. The minimum absolute atomic E-state index is 0.389. The van der Waals surface area contributed by atoms with Crippen molar-refractivity contribution >= 4 is 23.6 Å². The van der Waals surface area contributed by atoms with Crippen molar-refractivity contribution in [2.24, 2.45) is 15.4 Å². The summed E-state index contributed by atoms with van der Waals surface area (Å²) in [5, 5.41) is 5.50. The average molecular weight is 596 g/mol. The fourth-order valence-corrected chi connectivity index (χ4v) is 6.08. The van der Waals surface area contributed by atoms with E-state index in [-0.39, 0.29) is 5.75 Å². The molecule has 0 radical (unpaired) electrons. The highest BCUT2D eigenvalue weighted by Gasteiger charge is 2.49. The molecule has 0 saturated carbocycles. The van der Waals surface area contributed by atoms with E-state index in [1.165, 1.54) is 6.07 Å². The van der Waals surface area contributed by atoms with Crippen molar-refractivity contribution in [2.45, 2.75) is 44.6 Å². The van der Waals surface area contributed by atoms with Gasteiger partial charge in [0, 0.05) is 39.8 Å². The molecule has 44 heavy (non-hydrogen) atoms. The molecule has 3 aromatic rings. The highest BCUT2D eigenvalue weighted by atomic mass is 19.4. The smallest absolute Gasteiger partial charge is 0.404 e. The number of aliphatic imine (C=N–C) groups is 2. The summed E-state index contributed by atoms with van der Waals surface area (Å²) in [6.07, 6.45) is 16.2. The number of aromatic nitrogens is 4. The average Bonchev–Trinajstić information content (AvgIpc) is 3.73. The lowest BCUT2D eigenvalue weighted by molar-refractivity contribution is -0.274. The van der Waals surface area contributed by atoms with Crippen LogP contribution in [0.25, 0.3) is 12.2 Å². The first kappa shape index (κ1) is 27.8. The van der Waals surface area contributed by atoms with Gasteiger partial charge in [0.05, 0.1) is 29.0 Å². The van der Waals surface area contributed by atoms with Gasteiger partial charge in [-0.25, -0.2) is 15.0 Å². The number of hydrogen-bond donors (Lipinski definition) is 2. The number of aromatic amines is 1. The van der Waals surface area contributed by atoms with Gasteiger partial charge in [0.15, 0.2) is 0 Å². The lowest BCUT2D eigenvalue weighted by Gasteiger charge is -2.27. The number of hydrogen-bond acceptors (Lipinski definition) is 7. The second-order valence-electron chi connectivity index (χ2n) is 12.0. The summed E-state index contributed by atoms with van der Waals surface area (Å²) in [5.41, 5.74) is 2.19. The Labute approximate surface area is 251 Å². The lowest BCUT2D eigenvalue weighted by Crippen LogP contribution is -2.36. The molecular formula is C33H28F3N7O. The molecule has 1 fully saturated rings. The third kappa shape index (κ3) is 5.18. The first-order valence-electron chi connectivity index (χ1n) is 14.1. The van der Waals surface area contributed by atoms with E-state index in [2.05, 4.69) is 49.9 Å². The SMILES string of the molecule is Cc1ncc(C23C=CC(=N2)C=c2ccc([nH]2)=CC2=NC(=CC4(c5ccc(OC(F)(F)F)cn5)CC(C)(C)C(=C3)N4)C=C2)cn1. The molecule has 0 aromatic carbocycles. The quantitative estimate of drug-likeness (QED) is 0.462. The van der Waals surface area contributed by atoms with E-state index in [1.807, 2.05) is 61.6 Å². The Hall–Kier alpha value is -5.06. The van der Waals surface area contributed by atoms with Crippen LogP contribution in [0.1, 0.15) is 37.4 Å². The molecule has 4 aliphatic heterocycles. The van der Waals surface area contributed by atoms with Crippen LogP contribution in [0.3, 0.4) is 0 Å². The minimum atomic E-state index is -4.81. The highest BCUT2D eigenvalue weighted by Crippen LogP contribution is 2.50. The number of nitrogens with one attached hydrogen (secondary N) is 2. The predicted molar refractivity (Wildman–Crippen MR) is 161 cm³/mol. The van der Waals surface area contributed by atoms with Crippen molar-refractivity contribution in [2.75, 3.05) is 0 Å². The summed E-state index contributed by atoms with van der Waals surface area (Å²) in [5.74, 6) is 0.262. The van der Waals surface area contributed by atoms with Crippen LogP contribution in [0.5, 0.6) is 5.75 Å². The number of ether oxygens (including phenoxy) is 1. The summed E-state index contributed by atoms with van der Waals surface area (Å²) in [6.45, 7) is 6.06. The van der Waals surface area contributed by atoms with Crippen molar-refractivity contribution in [3.05, 3.63) is 118 Å². The predicted octanol–water partition coefficient (Wildman–Crippen LogP) is 4.58. The summed E-state index contributed by atoms with van der Waals surface area (Å²) >= 11 is 0.